The molecule has 1 aromatic heterocycles. The van der Waals surface area contributed by atoms with Crippen LogP contribution in [0.3, 0.4) is 0 Å². The van der Waals surface area contributed by atoms with Crippen molar-refractivity contribution in [3.05, 3.63) is 66.0 Å². The van der Waals surface area contributed by atoms with Crippen molar-refractivity contribution in [1.82, 2.24) is 9.78 Å². The van der Waals surface area contributed by atoms with E-state index >= 15 is 0 Å². The zero-order valence-corrected chi connectivity index (χ0v) is 10.7. The van der Waals surface area contributed by atoms with E-state index in [1.54, 1.807) is 24.3 Å². The molecule has 0 bridgehead atoms. The highest BCUT2D eigenvalue weighted by molar-refractivity contribution is 5.64. The number of nitrogens with two attached hydrogens (primary N) is 1. The van der Waals surface area contributed by atoms with E-state index in [4.69, 9.17) is 5.73 Å². The molecule has 0 aliphatic rings. The zero-order valence-electron chi connectivity index (χ0n) is 10.7. The molecule has 0 spiro atoms. The van der Waals surface area contributed by atoms with Crippen molar-refractivity contribution in [3.63, 3.8) is 0 Å². The third kappa shape index (κ3) is 2.24. The number of aromatic nitrogens is 2. The van der Waals surface area contributed by atoms with Gasteiger partial charge in [0, 0.05) is 11.6 Å². The molecule has 0 aliphatic heterocycles. The monoisotopic (exact) mass is 289 g/mol. The van der Waals surface area contributed by atoms with Gasteiger partial charge in [-0.2, -0.15) is 5.10 Å². The fourth-order valence-corrected chi connectivity index (χ4v) is 2.03. The molecule has 3 aromatic rings. The molecule has 0 radical (unpaired) electrons. The summed E-state index contributed by atoms with van der Waals surface area (Å²) in [6.45, 7) is 0. The van der Waals surface area contributed by atoms with E-state index in [-0.39, 0.29) is 17.1 Å². The molecule has 106 valence electrons. The fraction of sp³-hybridized carbons (Fsp3) is 0. The van der Waals surface area contributed by atoms with Crippen LogP contribution in [0.1, 0.15) is 0 Å². The minimum absolute atomic E-state index is 0.132. The SMILES string of the molecule is Nc1cc(-c2ccc(F)c(F)c2F)nn1-c1ccccc1. The highest BCUT2D eigenvalue weighted by Gasteiger charge is 2.18. The van der Waals surface area contributed by atoms with Crippen molar-refractivity contribution < 1.29 is 13.2 Å². The minimum atomic E-state index is -1.53. The first kappa shape index (κ1) is 13.2. The normalized spacial score (nSPS) is 10.8. The van der Waals surface area contributed by atoms with Crippen LogP contribution in [0.15, 0.2) is 48.5 Å². The van der Waals surface area contributed by atoms with E-state index < -0.39 is 17.5 Å². The van der Waals surface area contributed by atoms with Crippen LogP contribution in [0.4, 0.5) is 19.0 Å². The van der Waals surface area contributed by atoms with Gasteiger partial charge in [0.2, 0.25) is 0 Å². The van der Waals surface area contributed by atoms with Gasteiger partial charge in [-0.3, -0.25) is 0 Å². The summed E-state index contributed by atoms with van der Waals surface area (Å²) in [5, 5.41) is 4.14. The lowest BCUT2D eigenvalue weighted by atomic mass is 10.1. The number of benzene rings is 2. The molecule has 0 amide bonds. The van der Waals surface area contributed by atoms with Gasteiger partial charge in [-0.15, -0.1) is 0 Å². The van der Waals surface area contributed by atoms with Crippen LogP contribution in [0, 0.1) is 17.5 Å². The second kappa shape index (κ2) is 4.97. The Morgan fingerprint density at radius 2 is 1.62 bits per heavy atom. The predicted octanol–water partition coefficient (Wildman–Crippen LogP) is 3.54. The van der Waals surface area contributed by atoms with Gasteiger partial charge in [-0.05, 0) is 24.3 Å². The van der Waals surface area contributed by atoms with Gasteiger partial charge in [0.05, 0.1) is 11.4 Å². The summed E-state index contributed by atoms with van der Waals surface area (Å²) >= 11 is 0. The Hall–Kier alpha value is -2.76. The van der Waals surface area contributed by atoms with Crippen molar-refractivity contribution in [3.8, 4) is 16.9 Å². The number of nitrogens with zero attached hydrogens (tertiary/aromatic N) is 2. The molecule has 0 saturated heterocycles. The van der Waals surface area contributed by atoms with Crippen molar-refractivity contribution in [2.75, 3.05) is 5.73 Å². The van der Waals surface area contributed by atoms with Crippen LogP contribution in [-0.2, 0) is 0 Å². The predicted molar refractivity (Wildman–Crippen MR) is 73.3 cm³/mol. The maximum atomic E-state index is 13.8. The molecule has 0 atom stereocenters. The van der Waals surface area contributed by atoms with E-state index in [2.05, 4.69) is 5.10 Å². The maximum Gasteiger partial charge on any atom is 0.195 e. The second-order valence-electron chi connectivity index (χ2n) is 4.42. The number of para-hydroxylation sites is 1. The minimum Gasteiger partial charge on any atom is -0.384 e. The molecule has 1 heterocycles. The van der Waals surface area contributed by atoms with E-state index in [1.165, 1.54) is 10.7 Å². The summed E-state index contributed by atoms with van der Waals surface area (Å²) < 4.78 is 41.4. The second-order valence-corrected chi connectivity index (χ2v) is 4.42. The highest BCUT2D eigenvalue weighted by Crippen LogP contribution is 2.27. The Kier molecular flexibility index (Phi) is 3.13. The number of nitrogen functional groups attached to an aromatic ring is 1. The average molecular weight is 289 g/mol. The highest BCUT2D eigenvalue weighted by atomic mass is 19.2. The first-order chi connectivity index (χ1) is 10.1. The summed E-state index contributed by atoms with van der Waals surface area (Å²) in [4.78, 5) is 0. The topological polar surface area (TPSA) is 43.8 Å². The lowest BCUT2D eigenvalue weighted by Gasteiger charge is -2.03. The first-order valence-corrected chi connectivity index (χ1v) is 6.13. The number of halogens is 3. The summed E-state index contributed by atoms with van der Waals surface area (Å²) in [6, 6.07) is 12.4. The molecular formula is C15H10F3N3. The zero-order chi connectivity index (χ0) is 15.0. The first-order valence-electron chi connectivity index (χ1n) is 6.13. The van der Waals surface area contributed by atoms with Crippen LogP contribution in [0.2, 0.25) is 0 Å². The van der Waals surface area contributed by atoms with Gasteiger partial charge in [0.1, 0.15) is 5.82 Å². The van der Waals surface area contributed by atoms with Gasteiger partial charge in [-0.25, -0.2) is 17.9 Å². The van der Waals surface area contributed by atoms with Gasteiger partial charge in [0.15, 0.2) is 17.5 Å². The molecule has 0 unspecified atom stereocenters. The Bertz CT molecular complexity index is 797. The number of hydrogen-bond donors (Lipinski definition) is 1. The van der Waals surface area contributed by atoms with Crippen molar-refractivity contribution in [2.24, 2.45) is 0 Å². The Morgan fingerprint density at radius 1 is 0.905 bits per heavy atom. The molecule has 21 heavy (non-hydrogen) atoms. The molecule has 2 aromatic carbocycles. The third-order valence-electron chi connectivity index (χ3n) is 3.05. The Labute approximate surface area is 118 Å². The van der Waals surface area contributed by atoms with Crippen molar-refractivity contribution in [2.45, 2.75) is 0 Å². The van der Waals surface area contributed by atoms with Crippen LogP contribution < -0.4 is 5.73 Å². The quantitative estimate of drug-likeness (QED) is 0.733. The van der Waals surface area contributed by atoms with Gasteiger partial charge >= 0.3 is 0 Å². The van der Waals surface area contributed by atoms with Gasteiger partial charge < -0.3 is 5.73 Å². The van der Waals surface area contributed by atoms with Crippen LogP contribution >= 0.6 is 0 Å². The lowest BCUT2D eigenvalue weighted by molar-refractivity contribution is 0.448. The van der Waals surface area contributed by atoms with Crippen molar-refractivity contribution >= 4 is 5.82 Å². The Balaban J connectivity index is 2.12. The smallest absolute Gasteiger partial charge is 0.195 e. The molecule has 6 heteroatoms. The van der Waals surface area contributed by atoms with Gasteiger partial charge in [-0.1, -0.05) is 18.2 Å². The van der Waals surface area contributed by atoms with Gasteiger partial charge in [0.25, 0.3) is 0 Å². The van der Waals surface area contributed by atoms with Crippen LogP contribution in [0.25, 0.3) is 16.9 Å². The van der Waals surface area contributed by atoms with E-state index in [1.807, 2.05) is 6.07 Å². The number of hydrogen-bond acceptors (Lipinski definition) is 2. The average Bonchev–Trinajstić information content (AvgIpc) is 2.87. The van der Waals surface area contributed by atoms with E-state index in [0.717, 1.165) is 12.1 Å². The third-order valence-corrected chi connectivity index (χ3v) is 3.05. The summed E-state index contributed by atoms with van der Waals surface area (Å²) in [5.74, 6) is -3.79. The summed E-state index contributed by atoms with van der Waals surface area (Å²) in [6.07, 6.45) is 0. The van der Waals surface area contributed by atoms with Crippen LogP contribution in [0.5, 0.6) is 0 Å². The molecule has 0 aliphatic carbocycles. The Morgan fingerprint density at radius 3 is 2.33 bits per heavy atom. The van der Waals surface area contributed by atoms with E-state index in [0.29, 0.717) is 5.69 Å². The molecule has 3 rings (SSSR count). The number of anilines is 1. The molecule has 0 fully saturated rings. The number of rotatable bonds is 2. The molecule has 3 nitrogen and oxygen atoms in total. The van der Waals surface area contributed by atoms with E-state index in [9.17, 15) is 13.2 Å². The lowest BCUT2D eigenvalue weighted by Crippen LogP contribution is -2.01. The molecular weight excluding hydrogens is 279 g/mol. The maximum absolute atomic E-state index is 13.8. The summed E-state index contributed by atoms with van der Waals surface area (Å²) in [5.41, 5.74) is 6.51. The van der Waals surface area contributed by atoms with Crippen LogP contribution in [-0.4, -0.2) is 9.78 Å². The fourth-order valence-electron chi connectivity index (χ4n) is 2.03. The van der Waals surface area contributed by atoms with Crippen molar-refractivity contribution in [1.29, 1.82) is 0 Å². The summed E-state index contributed by atoms with van der Waals surface area (Å²) in [7, 11) is 0. The molecule has 2 N–H and O–H groups in total. The standard InChI is InChI=1S/C15H10F3N3/c16-11-7-6-10(14(17)15(11)18)12-8-13(19)21(20-12)9-4-2-1-3-5-9/h1-8H,19H2. The molecule has 0 saturated carbocycles. The largest absolute Gasteiger partial charge is 0.384 e.